The van der Waals surface area contributed by atoms with Crippen LogP contribution in [0.25, 0.3) is 0 Å². The summed E-state index contributed by atoms with van der Waals surface area (Å²) in [4.78, 5) is 0. The van der Waals surface area contributed by atoms with E-state index in [2.05, 4.69) is 36.5 Å². The van der Waals surface area contributed by atoms with Crippen molar-refractivity contribution in [3.63, 3.8) is 0 Å². The van der Waals surface area contributed by atoms with E-state index in [4.69, 9.17) is 16.9 Å². The first-order valence-corrected chi connectivity index (χ1v) is 7.63. The zero-order valence-corrected chi connectivity index (χ0v) is 12.7. The molecule has 0 amide bonds. The Bertz CT molecular complexity index is 716. The summed E-state index contributed by atoms with van der Waals surface area (Å²) in [5.74, 6) is 0. The van der Waals surface area contributed by atoms with Crippen LogP contribution in [-0.4, -0.2) is 0 Å². The second kappa shape index (κ2) is 5.79. The highest BCUT2D eigenvalue weighted by molar-refractivity contribution is 6.33. The molecule has 106 valence electrons. The number of benzene rings is 2. The van der Waals surface area contributed by atoms with Crippen molar-refractivity contribution < 1.29 is 0 Å². The van der Waals surface area contributed by atoms with E-state index in [1.807, 2.05) is 6.07 Å². The molecule has 1 aliphatic carbocycles. The molecule has 0 aliphatic heterocycles. The molecule has 0 saturated carbocycles. The third kappa shape index (κ3) is 2.89. The zero-order chi connectivity index (χ0) is 14.8. The molecule has 0 heterocycles. The van der Waals surface area contributed by atoms with Gasteiger partial charge in [0.15, 0.2) is 0 Å². The highest BCUT2D eigenvalue weighted by Crippen LogP contribution is 2.29. The molecule has 2 nitrogen and oxygen atoms in total. The lowest BCUT2D eigenvalue weighted by Gasteiger charge is -2.18. The number of fused-ring (bicyclic) bond motifs is 1. The van der Waals surface area contributed by atoms with Gasteiger partial charge in [0.05, 0.1) is 22.3 Å². The molecule has 1 N–H and O–H groups in total. The van der Waals surface area contributed by atoms with Crippen molar-refractivity contribution in [2.75, 3.05) is 5.32 Å². The third-order valence-electron chi connectivity index (χ3n) is 4.09. The number of halogens is 1. The second-order valence-corrected chi connectivity index (χ2v) is 5.96. The summed E-state index contributed by atoms with van der Waals surface area (Å²) in [5.41, 5.74) is 5.69. The normalized spacial score (nSPS) is 14.3. The van der Waals surface area contributed by atoms with Crippen LogP contribution in [0.1, 0.15) is 41.6 Å². The summed E-state index contributed by atoms with van der Waals surface area (Å²) >= 11 is 6.22. The van der Waals surface area contributed by atoms with Gasteiger partial charge in [-0.1, -0.05) is 29.8 Å². The van der Waals surface area contributed by atoms with E-state index in [-0.39, 0.29) is 6.04 Å². The molecule has 3 rings (SSSR count). The fourth-order valence-electron chi connectivity index (χ4n) is 2.88. The van der Waals surface area contributed by atoms with Gasteiger partial charge in [0, 0.05) is 6.04 Å². The molecule has 0 spiro atoms. The molecule has 0 bridgehead atoms. The molecule has 2 aromatic carbocycles. The molecule has 2 aromatic rings. The molecule has 0 aromatic heterocycles. The van der Waals surface area contributed by atoms with Crippen molar-refractivity contribution >= 4 is 17.3 Å². The molecule has 1 unspecified atom stereocenters. The van der Waals surface area contributed by atoms with Gasteiger partial charge in [-0.15, -0.1) is 0 Å². The Morgan fingerprint density at radius 1 is 1.14 bits per heavy atom. The maximum absolute atomic E-state index is 8.87. The van der Waals surface area contributed by atoms with E-state index < -0.39 is 0 Å². The number of aryl methyl sites for hydroxylation is 2. The number of anilines is 1. The molecular formula is C18H17ClN2. The highest BCUT2D eigenvalue weighted by atomic mass is 35.5. The topological polar surface area (TPSA) is 35.8 Å². The minimum absolute atomic E-state index is 0.182. The Morgan fingerprint density at radius 2 is 1.95 bits per heavy atom. The minimum atomic E-state index is 0.182. The van der Waals surface area contributed by atoms with Crippen molar-refractivity contribution in [2.24, 2.45) is 0 Å². The lowest BCUT2D eigenvalue weighted by Crippen LogP contribution is -2.07. The molecule has 1 aliphatic rings. The summed E-state index contributed by atoms with van der Waals surface area (Å²) in [7, 11) is 0. The predicted octanol–water partition coefficient (Wildman–Crippen LogP) is 4.87. The van der Waals surface area contributed by atoms with Gasteiger partial charge in [-0.3, -0.25) is 0 Å². The number of nitrogens with zero attached hydrogens (tertiary/aromatic N) is 1. The predicted molar refractivity (Wildman–Crippen MR) is 86.7 cm³/mol. The molecule has 0 saturated heterocycles. The first-order valence-electron chi connectivity index (χ1n) is 7.25. The summed E-state index contributed by atoms with van der Waals surface area (Å²) in [6, 6.07) is 14.4. The Balaban J connectivity index is 1.80. The van der Waals surface area contributed by atoms with E-state index in [0.717, 1.165) is 5.69 Å². The lowest BCUT2D eigenvalue weighted by atomic mass is 10.0. The quantitative estimate of drug-likeness (QED) is 0.877. The first kappa shape index (κ1) is 14.0. The van der Waals surface area contributed by atoms with Crippen LogP contribution < -0.4 is 5.32 Å². The summed E-state index contributed by atoms with van der Waals surface area (Å²) in [5, 5.41) is 12.9. The van der Waals surface area contributed by atoms with E-state index in [1.165, 1.54) is 36.0 Å². The molecule has 3 heteroatoms. The lowest BCUT2D eigenvalue weighted by molar-refractivity contribution is 0.879. The van der Waals surface area contributed by atoms with Crippen LogP contribution in [0.15, 0.2) is 36.4 Å². The molecule has 1 atom stereocenters. The Hall–Kier alpha value is -1.98. The molecule has 0 fully saturated rings. The van der Waals surface area contributed by atoms with Gasteiger partial charge >= 0.3 is 0 Å². The van der Waals surface area contributed by atoms with Gasteiger partial charge in [-0.25, -0.2) is 0 Å². The van der Waals surface area contributed by atoms with E-state index in [0.29, 0.717) is 10.6 Å². The van der Waals surface area contributed by atoms with Gasteiger partial charge < -0.3 is 5.32 Å². The van der Waals surface area contributed by atoms with Crippen LogP contribution in [-0.2, 0) is 12.8 Å². The van der Waals surface area contributed by atoms with E-state index in [9.17, 15) is 0 Å². The monoisotopic (exact) mass is 296 g/mol. The number of rotatable bonds is 3. The fourth-order valence-corrected chi connectivity index (χ4v) is 3.11. The van der Waals surface area contributed by atoms with Gasteiger partial charge in [0.2, 0.25) is 0 Å². The number of nitriles is 1. The fraction of sp³-hybridized carbons (Fsp3) is 0.278. The van der Waals surface area contributed by atoms with E-state index in [1.54, 1.807) is 12.1 Å². The number of nitrogens with one attached hydrogen (secondary N) is 1. The van der Waals surface area contributed by atoms with Crippen molar-refractivity contribution in [2.45, 2.75) is 32.2 Å². The maximum atomic E-state index is 8.87. The smallest absolute Gasteiger partial charge is 0.0992 e. The van der Waals surface area contributed by atoms with Crippen LogP contribution in [0.5, 0.6) is 0 Å². The second-order valence-electron chi connectivity index (χ2n) is 5.55. The molecule has 21 heavy (non-hydrogen) atoms. The third-order valence-corrected chi connectivity index (χ3v) is 4.41. The number of hydrogen-bond donors (Lipinski definition) is 1. The van der Waals surface area contributed by atoms with Crippen LogP contribution in [0.2, 0.25) is 5.02 Å². The van der Waals surface area contributed by atoms with Gasteiger partial charge in [0.25, 0.3) is 0 Å². The Labute approximate surface area is 130 Å². The average molecular weight is 297 g/mol. The van der Waals surface area contributed by atoms with Crippen LogP contribution in [0.4, 0.5) is 5.69 Å². The highest BCUT2D eigenvalue weighted by Gasteiger charge is 2.14. The zero-order valence-electron chi connectivity index (χ0n) is 12.0. The van der Waals surface area contributed by atoms with Gasteiger partial charge in [0.1, 0.15) is 0 Å². The van der Waals surface area contributed by atoms with Crippen molar-refractivity contribution in [3.05, 3.63) is 63.7 Å². The Morgan fingerprint density at radius 3 is 2.71 bits per heavy atom. The van der Waals surface area contributed by atoms with Crippen molar-refractivity contribution in [1.29, 1.82) is 5.26 Å². The minimum Gasteiger partial charge on any atom is -0.377 e. The van der Waals surface area contributed by atoms with Gasteiger partial charge in [-0.05, 0) is 61.1 Å². The summed E-state index contributed by atoms with van der Waals surface area (Å²) < 4.78 is 0. The van der Waals surface area contributed by atoms with Gasteiger partial charge in [-0.2, -0.15) is 5.26 Å². The maximum Gasteiger partial charge on any atom is 0.0992 e. The van der Waals surface area contributed by atoms with Crippen molar-refractivity contribution in [1.82, 2.24) is 0 Å². The van der Waals surface area contributed by atoms with E-state index >= 15 is 0 Å². The SMILES string of the molecule is CC(Nc1ccc(C#N)cc1Cl)c1ccc2c(c1)CCC2. The first-order chi connectivity index (χ1) is 10.2. The van der Waals surface area contributed by atoms with Crippen LogP contribution >= 0.6 is 11.6 Å². The standard InChI is InChI=1S/C18H17ClN2/c1-12(15-7-6-14-3-2-4-16(14)10-15)21-18-8-5-13(11-20)9-17(18)19/h5-10,12,21H,2-4H2,1H3. The number of hydrogen-bond acceptors (Lipinski definition) is 2. The Kier molecular flexibility index (Phi) is 3.86. The van der Waals surface area contributed by atoms with Crippen LogP contribution in [0, 0.1) is 11.3 Å². The van der Waals surface area contributed by atoms with Crippen LogP contribution in [0.3, 0.4) is 0 Å². The molecular weight excluding hydrogens is 280 g/mol. The largest absolute Gasteiger partial charge is 0.377 e. The average Bonchev–Trinajstić information content (AvgIpc) is 2.96. The summed E-state index contributed by atoms with van der Waals surface area (Å²) in [6.07, 6.45) is 3.66. The summed E-state index contributed by atoms with van der Waals surface area (Å²) in [6.45, 7) is 2.13. The molecule has 0 radical (unpaired) electrons. The van der Waals surface area contributed by atoms with Crippen molar-refractivity contribution in [3.8, 4) is 6.07 Å².